The molecule has 0 radical (unpaired) electrons. The van der Waals surface area contributed by atoms with Crippen LogP contribution in [0.4, 0.5) is 14.9 Å². The van der Waals surface area contributed by atoms with E-state index >= 15 is 0 Å². The van der Waals surface area contributed by atoms with Crippen molar-refractivity contribution in [1.82, 2.24) is 4.90 Å². The minimum Gasteiger partial charge on any atom is -0.444 e. The average molecular weight is 478 g/mol. The van der Waals surface area contributed by atoms with Gasteiger partial charge in [0.1, 0.15) is 18.8 Å². The van der Waals surface area contributed by atoms with Gasteiger partial charge in [-0.3, -0.25) is 9.69 Å². The molecule has 6 nitrogen and oxygen atoms in total. The summed E-state index contributed by atoms with van der Waals surface area (Å²) in [4.78, 5) is 28.0. The molecule has 1 aromatic rings. The fraction of sp³-hybridized carbons (Fsp3) is 0.556. The normalized spacial score (nSPS) is 18.2. The van der Waals surface area contributed by atoms with Crippen LogP contribution < -0.4 is 4.90 Å². The van der Waals surface area contributed by atoms with Crippen LogP contribution in [0.3, 0.4) is 0 Å². The van der Waals surface area contributed by atoms with Crippen molar-refractivity contribution < 1.29 is 23.8 Å². The standard InChI is InChI=1S/C18H24FIN2O4/c1-18(2,3)26-17(25)22-11-16(24)21(10-14(22)4-5-23)15-7-12(9-19)6-13(20)8-15/h6-8,14,23H,4-5,9-11H2,1-3H3. The van der Waals surface area contributed by atoms with Crippen LogP contribution >= 0.6 is 22.6 Å². The second kappa shape index (κ2) is 8.51. The highest BCUT2D eigenvalue weighted by molar-refractivity contribution is 14.1. The summed E-state index contributed by atoms with van der Waals surface area (Å²) in [7, 11) is 0. The van der Waals surface area contributed by atoms with Crippen LogP contribution in [0.5, 0.6) is 0 Å². The number of carbonyl (C=O) groups is 2. The van der Waals surface area contributed by atoms with Gasteiger partial charge in [0.25, 0.3) is 0 Å². The predicted octanol–water partition coefficient (Wildman–Crippen LogP) is 3.10. The molecule has 1 heterocycles. The first-order valence-electron chi connectivity index (χ1n) is 8.41. The number of halogens is 2. The van der Waals surface area contributed by atoms with Gasteiger partial charge in [-0.2, -0.15) is 0 Å². The van der Waals surface area contributed by atoms with Crippen LogP contribution in [-0.2, 0) is 16.2 Å². The quantitative estimate of drug-likeness (QED) is 0.676. The third-order valence-electron chi connectivity index (χ3n) is 3.94. The largest absolute Gasteiger partial charge is 0.444 e. The Labute approximate surface area is 166 Å². The Kier molecular flexibility index (Phi) is 6.84. The highest BCUT2D eigenvalue weighted by Crippen LogP contribution is 2.26. The van der Waals surface area contributed by atoms with Crippen molar-refractivity contribution >= 4 is 40.3 Å². The van der Waals surface area contributed by atoms with Gasteiger partial charge in [0.05, 0.1) is 6.04 Å². The predicted molar refractivity (Wildman–Crippen MR) is 105 cm³/mol. The summed E-state index contributed by atoms with van der Waals surface area (Å²) < 4.78 is 19.3. The molecule has 2 rings (SSSR count). The zero-order chi connectivity index (χ0) is 19.5. The molecule has 26 heavy (non-hydrogen) atoms. The van der Waals surface area contributed by atoms with E-state index in [1.165, 1.54) is 4.90 Å². The van der Waals surface area contributed by atoms with Gasteiger partial charge in [-0.1, -0.05) is 0 Å². The molecule has 1 unspecified atom stereocenters. The minimum atomic E-state index is -0.674. The van der Waals surface area contributed by atoms with Gasteiger partial charge >= 0.3 is 6.09 Å². The number of carbonyl (C=O) groups excluding carboxylic acids is 2. The summed E-state index contributed by atoms with van der Waals surface area (Å²) in [5.74, 6) is -0.267. The van der Waals surface area contributed by atoms with E-state index in [1.807, 2.05) is 0 Å². The fourth-order valence-corrected chi connectivity index (χ4v) is 3.54. The molecule has 0 bridgehead atoms. The molecule has 1 N–H and O–H groups in total. The number of amides is 2. The molecule has 1 saturated heterocycles. The lowest BCUT2D eigenvalue weighted by atomic mass is 10.1. The third kappa shape index (κ3) is 5.29. The second-order valence-corrected chi connectivity index (χ2v) is 8.48. The number of ether oxygens (including phenoxy) is 1. The molecule has 2 amide bonds. The van der Waals surface area contributed by atoms with E-state index in [9.17, 15) is 19.1 Å². The number of nitrogens with zero attached hydrogens (tertiary/aromatic N) is 2. The summed E-state index contributed by atoms with van der Waals surface area (Å²) in [6.07, 6.45) is -0.251. The molecule has 0 aromatic heterocycles. The van der Waals surface area contributed by atoms with Crippen molar-refractivity contribution in [3.63, 3.8) is 0 Å². The minimum absolute atomic E-state index is 0.117. The maximum atomic E-state index is 13.1. The number of aliphatic hydroxyl groups excluding tert-OH is 1. The molecule has 1 aliphatic heterocycles. The van der Waals surface area contributed by atoms with Crippen LogP contribution in [0.25, 0.3) is 0 Å². The number of hydrogen-bond acceptors (Lipinski definition) is 4. The van der Waals surface area contributed by atoms with Gasteiger partial charge in [-0.25, -0.2) is 9.18 Å². The van der Waals surface area contributed by atoms with Crippen LogP contribution in [0, 0.1) is 3.57 Å². The lowest BCUT2D eigenvalue weighted by molar-refractivity contribution is -0.122. The molecule has 0 spiro atoms. The molecule has 144 valence electrons. The zero-order valence-electron chi connectivity index (χ0n) is 15.2. The monoisotopic (exact) mass is 478 g/mol. The Morgan fingerprint density at radius 1 is 1.38 bits per heavy atom. The molecular formula is C18H24FIN2O4. The van der Waals surface area contributed by atoms with Crippen molar-refractivity contribution in [2.24, 2.45) is 0 Å². The number of rotatable bonds is 4. The van der Waals surface area contributed by atoms with Crippen molar-refractivity contribution in [3.8, 4) is 0 Å². The summed E-state index contributed by atoms with van der Waals surface area (Å²) in [5.41, 5.74) is 0.418. The first-order valence-corrected chi connectivity index (χ1v) is 9.48. The van der Waals surface area contributed by atoms with E-state index in [4.69, 9.17) is 4.74 Å². The first kappa shape index (κ1) is 20.9. The zero-order valence-corrected chi connectivity index (χ0v) is 17.3. The molecule has 1 fully saturated rings. The Morgan fingerprint density at radius 2 is 2.08 bits per heavy atom. The van der Waals surface area contributed by atoms with Crippen LogP contribution in [-0.4, -0.2) is 53.3 Å². The van der Waals surface area contributed by atoms with Crippen molar-refractivity contribution in [2.45, 2.75) is 45.5 Å². The Morgan fingerprint density at radius 3 is 2.65 bits per heavy atom. The molecule has 1 atom stereocenters. The molecule has 0 saturated carbocycles. The Bertz CT molecular complexity index is 678. The van der Waals surface area contributed by atoms with Gasteiger partial charge in [-0.15, -0.1) is 0 Å². The highest BCUT2D eigenvalue weighted by atomic mass is 127. The topological polar surface area (TPSA) is 70.1 Å². The molecule has 1 aromatic carbocycles. The Balaban J connectivity index is 2.26. The van der Waals surface area contributed by atoms with Crippen LogP contribution in [0.2, 0.25) is 0 Å². The van der Waals surface area contributed by atoms with Crippen molar-refractivity contribution in [2.75, 3.05) is 24.6 Å². The molecule has 0 aliphatic carbocycles. The number of piperazine rings is 1. The Hall–Kier alpha value is -1.42. The maximum absolute atomic E-state index is 13.1. The van der Waals surface area contributed by atoms with Gasteiger partial charge in [0, 0.05) is 22.4 Å². The molecule has 1 aliphatic rings. The van der Waals surface area contributed by atoms with E-state index in [2.05, 4.69) is 22.6 Å². The van der Waals surface area contributed by atoms with Gasteiger partial charge in [0.15, 0.2) is 0 Å². The lowest BCUT2D eigenvalue weighted by Gasteiger charge is -2.41. The molecule has 8 heteroatoms. The highest BCUT2D eigenvalue weighted by Gasteiger charge is 2.37. The summed E-state index contributed by atoms with van der Waals surface area (Å²) in [6, 6.07) is 4.78. The van der Waals surface area contributed by atoms with E-state index in [0.29, 0.717) is 17.7 Å². The summed E-state index contributed by atoms with van der Waals surface area (Å²) in [6.45, 7) is 4.63. The average Bonchev–Trinajstić information content (AvgIpc) is 2.54. The maximum Gasteiger partial charge on any atom is 0.411 e. The van der Waals surface area contributed by atoms with E-state index in [0.717, 1.165) is 3.57 Å². The SMILES string of the molecule is CC(C)(C)OC(=O)N1CC(=O)N(c2cc(I)cc(CF)c2)CC1CCO. The summed E-state index contributed by atoms with van der Waals surface area (Å²) >= 11 is 2.08. The van der Waals surface area contributed by atoms with E-state index < -0.39 is 18.4 Å². The van der Waals surface area contributed by atoms with Crippen molar-refractivity contribution in [1.29, 1.82) is 0 Å². The van der Waals surface area contributed by atoms with Gasteiger partial charge < -0.3 is 14.7 Å². The number of anilines is 1. The van der Waals surface area contributed by atoms with E-state index in [-0.39, 0.29) is 31.6 Å². The summed E-state index contributed by atoms with van der Waals surface area (Å²) in [5, 5.41) is 9.37. The first-order chi connectivity index (χ1) is 12.1. The van der Waals surface area contributed by atoms with E-state index in [1.54, 1.807) is 43.9 Å². The van der Waals surface area contributed by atoms with Gasteiger partial charge in [-0.05, 0) is 73.5 Å². The molecular weight excluding hydrogens is 454 g/mol. The lowest BCUT2D eigenvalue weighted by Crippen LogP contribution is -2.59. The number of aliphatic hydroxyl groups is 1. The van der Waals surface area contributed by atoms with Crippen LogP contribution in [0.1, 0.15) is 32.8 Å². The third-order valence-corrected chi connectivity index (χ3v) is 4.56. The fourth-order valence-electron chi connectivity index (χ4n) is 2.82. The number of benzene rings is 1. The van der Waals surface area contributed by atoms with Crippen LogP contribution in [0.15, 0.2) is 18.2 Å². The van der Waals surface area contributed by atoms with Gasteiger partial charge in [0.2, 0.25) is 5.91 Å². The second-order valence-electron chi connectivity index (χ2n) is 7.23. The van der Waals surface area contributed by atoms with Crippen molar-refractivity contribution in [3.05, 3.63) is 27.3 Å². The number of alkyl halides is 1. The smallest absolute Gasteiger partial charge is 0.411 e. The number of hydrogen-bond donors (Lipinski definition) is 1.